The number of hydrogen-bond acceptors (Lipinski definition) is 4. The van der Waals surface area contributed by atoms with Gasteiger partial charge in [0.05, 0.1) is 0 Å². The molecule has 0 atom stereocenters. The summed E-state index contributed by atoms with van der Waals surface area (Å²) in [6, 6.07) is 0. The first-order valence-corrected chi connectivity index (χ1v) is 2.63. The van der Waals surface area contributed by atoms with Crippen LogP contribution in [-0.2, 0) is 18.9 Å². The van der Waals surface area contributed by atoms with Gasteiger partial charge in [0.1, 0.15) is 0 Å². The van der Waals surface area contributed by atoms with Crippen LogP contribution in [0.1, 0.15) is 13.8 Å². The van der Waals surface area contributed by atoms with Gasteiger partial charge in [0.25, 0.3) is 11.9 Å². The fraction of sp³-hybridized carbons (Fsp3) is 0.500. The Morgan fingerprint density at radius 1 is 1.11 bits per heavy atom. The summed E-state index contributed by atoms with van der Waals surface area (Å²) in [6.45, 7) is 2.54. The van der Waals surface area contributed by atoms with Crippen molar-refractivity contribution >= 4 is 19.6 Å². The largest absolute Gasteiger partial charge is 0.661 e. The highest BCUT2D eigenvalue weighted by atomic mass is 16.6. The molecule has 9 heavy (non-hydrogen) atoms. The number of carbonyl (C=O) groups excluding carboxylic acids is 2. The maximum atomic E-state index is 10.0. The zero-order valence-corrected chi connectivity index (χ0v) is 5.63. The minimum atomic E-state index is -1.27. The summed E-state index contributed by atoms with van der Waals surface area (Å²) in [5.74, 6) is -0.812. The SMILES string of the molecule is CC(=O)O[BH2-]OC(C)=O. The van der Waals surface area contributed by atoms with E-state index in [1.807, 2.05) is 0 Å². The summed E-state index contributed by atoms with van der Waals surface area (Å²) in [5.41, 5.74) is 0. The fourth-order valence-corrected chi connectivity index (χ4v) is 0.276. The van der Waals surface area contributed by atoms with E-state index in [4.69, 9.17) is 0 Å². The van der Waals surface area contributed by atoms with Crippen LogP contribution in [0.2, 0.25) is 0 Å². The van der Waals surface area contributed by atoms with Crippen molar-refractivity contribution in [1.82, 2.24) is 0 Å². The van der Waals surface area contributed by atoms with Crippen molar-refractivity contribution in [2.75, 3.05) is 0 Å². The molecule has 0 bridgehead atoms. The van der Waals surface area contributed by atoms with Gasteiger partial charge in [-0.15, -0.1) is 0 Å². The van der Waals surface area contributed by atoms with Crippen LogP contribution in [0.4, 0.5) is 0 Å². The van der Waals surface area contributed by atoms with Gasteiger partial charge >= 0.3 is 7.69 Å². The van der Waals surface area contributed by atoms with Crippen LogP contribution >= 0.6 is 0 Å². The second-order valence-corrected chi connectivity index (χ2v) is 1.56. The first-order chi connectivity index (χ1) is 4.13. The predicted octanol–water partition coefficient (Wildman–Crippen LogP) is -0.889. The van der Waals surface area contributed by atoms with Gasteiger partial charge in [0.2, 0.25) is 0 Å². The van der Waals surface area contributed by atoms with Gasteiger partial charge in [-0.25, -0.2) is 0 Å². The van der Waals surface area contributed by atoms with Gasteiger partial charge in [-0.3, -0.25) is 9.59 Å². The number of hydrogen-bond donors (Lipinski definition) is 0. The van der Waals surface area contributed by atoms with Crippen molar-refractivity contribution < 1.29 is 18.9 Å². The van der Waals surface area contributed by atoms with Crippen LogP contribution in [0.15, 0.2) is 0 Å². The highest BCUT2D eigenvalue weighted by Gasteiger charge is 1.86. The third-order valence-corrected chi connectivity index (χ3v) is 0.742. The van der Waals surface area contributed by atoms with E-state index < -0.39 is 19.6 Å². The van der Waals surface area contributed by atoms with Crippen LogP contribution in [0.3, 0.4) is 0 Å². The Hall–Kier alpha value is -0.995. The molecule has 0 fully saturated rings. The van der Waals surface area contributed by atoms with Gasteiger partial charge in [-0.05, 0) is 0 Å². The fourth-order valence-electron chi connectivity index (χ4n) is 0.276. The lowest BCUT2D eigenvalue weighted by Gasteiger charge is -2.10. The van der Waals surface area contributed by atoms with Gasteiger partial charge < -0.3 is 9.31 Å². The van der Waals surface area contributed by atoms with E-state index in [-0.39, 0.29) is 0 Å². The molecule has 4 nitrogen and oxygen atoms in total. The Balaban J connectivity index is 3.10. The average Bonchev–Trinajstić information content (AvgIpc) is 1.63. The lowest BCUT2D eigenvalue weighted by atomic mass is 10.4. The zero-order valence-electron chi connectivity index (χ0n) is 5.63. The first-order valence-electron chi connectivity index (χ1n) is 2.63. The molecular weight excluding hydrogens is 123 g/mol. The van der Waals surface area contributed by atoms with Crippen molar-refractivity contribution in [1.29, 1.82) is 0 Å². The Morgan fingerprint density at radius 3 is 1.67 bits per heavy atom. The molecule has 0 rings (SSSR count). The van der Waals surface area contributed by atoms with Gasteiger partial charge in [-0.2, -0.15) is 0 Å². The molecule has 0 heterocycles. The van der Waals surface area contributed by atoms with Crippen molar-refractivity contribution in [2.24, 2.45) is 0 Å². The van der Waals surface area contributed by atoms with Crippen molar-refractivity contribution in [3.05, 3.63) is 0 Å². The second kappa shape index (κ2) is 3.94. The van der Waals surface area contributed by atoms with Gasteiger partial charge in [0, 0.05) is 13.8 Å². The Kier molecular flexibility index (Phi) is 3.51. The van der Waals surface area contributed by atoms with Crippen LogP contribution in [0.25, 0.3) is 0 Å². The zero-order chi connectivity index (χ0) is 7.28. The molecule has 0 saturated carbocycles. The molecule has 0 aromatic carbocycles. The van der Waals surface area contributed by atoms with Crippen molar-refractivity contribution in [2.45, 2.75) is 13.8 Å². The Bertz CT molecular complexity index is 108. The van der Waals surface area contributed by atoms with Crippen LogP contribution in [0, 0.1) is 0 Å². The third kappa shape index (κ3) is 7.00. The molecule has 52 valence electrons. The Labute approximate surface area is 53.4 Å². The van der Waals surface area contributed by atoms with Crippen LogP contribution in [0.5, 0.6) is 0 Å². The summed E-state index contributed by atoms with van der Waals surface area (Å²) < 4.78 is 8.79. The Morgan fingerprint density at radius 2 is 1.44 bits per heavy atom. The standard InChI is InChI=1S/C4H8BO4/c1-3(6)8-5-9-4(2)7/h5H2,1-2H3/q-1. The van der Waals surface area contributed by atoms with E-state index >= 15 is 0 Å². The summed E-state index contributed by atoms with van der Waals surface area (Å²) >= 11 is 0. The van der Waals surface area contributed by atoms with Crippen LogP contribution < -0.4 is 0 Å². The quantitative estimate of drug-likeness (QED) is 0.456. The predicted molar refractivity (Wildman–Crippen MR) is 32.1 cm³/mol. The summed E-state index contributed by atoms with van der Waals surface area (Å²) in [5, 5.41) is 0. The maximum Gasteiger partial charge on any atom is 0.322 e. The number of rotatable bonds is 2. The molecule has 0 unspecified atom stereocenters. The average molecular weight is 131 g/mol. The van der Waals surface area contributed by atoms with Crippen molar-refractivity contribution in [3.63, 3.8) is 0 Å². The van der Waals surface area contributed by atoms with Gasteiger partial charge in [0.15, 0.2) is 0 Å². The summed E-state index contributed by atoms with van der Waals surface area (Å²) in [6.07, 6.45) is 0. The summed E-state index contributed by atoms with van der Waals surface area (Å²) in [4.78, 5) is 20.1. The normalized spacial score (nSPS) is 8.22. The van der Waals surface area contributed by atoms with E-state index in [9.17, 15) is 9.59 Å². The first kappa shape index (κ1) is 8.00. The molecule has 0 spiro atoms. The molecule has 0 aromatic rings. The third-order valence-electron chi connectivity index (χ3n) is 0.742. The minimum absolute atomic E-state index is 0.406. The van der Waals surface area contributed by atoms with E-state index in [0.29, 0.717) is 0 Å². The molecule has 0 aliphatic carbocycles. The molecule has 0 saturated heterocycles. The van der Waals surface area contributed by atoms with Crippen molar-refractivity contribution in [3.8, 4) is 0 Å². The van der Waals surface area contributed by atoms with E-state index in [2.05, 4.69) is 9.31 Å². The molecule has 0 aliphatic rings. The molecule has 0 aliphatic heterocycles. The lowest BCUT2D eigenvalue weighted by Crippen LogP contribution is -2.11. The minimum Gasteiger partial charge on any atom is -0.661 e. The highest BCUT2D eigenvalue weighted by Crippen LogP contribution is 1.75. The topological polar surface area (TPSA) is 52.6 Å². The lowest BCUT2D eigenvalue weighted by molar-refractivity contribution is -0.136. The van der Waals surface area contributed by atoms with E-state index in [0.717, 1.165) is 0 Å². The highest BCUT2D eigenvalue weighted by molar-refractivity contribution is 6.25. The molecule has 0 radical (unpaired) electrons. The molecule has 0 N–H and O–H groups in total. The maximum absolute atomic E-state index is 10.0. The van der Waals surface area contributed by atoms with E-state index in [1.54, 1.807) is 0 Å². The number of carbonyl (C=O) groups is 2. The molecule has 0 amide bonds. The molecule has 5 heteroatoms. The van der Waals surface area contributed by atoms with Gasteiger partial charge in [-0.1, -0.05) is 0 Å². The van der Waals surface area contributed by atoms with Crippen LogP contribution in [-0.4, -0.2) is 19.6 Å². The smallest absolute Gasteiger partial charge is 0.322 e. The summed E-state index contributed by atoms with van der Waals surface area (Å²) in [7, 11) is -1.27. The molecule has 0 aromatic heterocycles. The monoisotopic (exact) mass is 131 g/mol. The van der Waals surface area contributed by atoms with E-state index in [1.165, 1.54) is 13.8 Å². The second-order valence-electron chi connectivity index (χ2n) is 1.56. The molecular formula is C4H8BO4-.